The highest BCUT2D eigenvalue weighted by Gasteiger charge is 2.27. The fourth-order valence-electron chi connectivity index (χ4n) is 1.41. The monoisotopic (exact) mass is 200 g/mol. The van der Waals surface area contributed by atoms with Gasteiger partial charge in [0.25, 0.3) is 0 Å². The molecule has 0 spiro atoms. The first-order valence-electron chi connectivity index (χ1n) is 4.79. The van der Waals surface area contributed by atoms with Gasteiger partial charge in [0.1, 0.15) is 0 Å². The average Bonchev–Trinajstić information content (AvgIpc) is 2.55. The minimum atomic E-state index is -0.280. The fourth-order valence-corrected chi connectivity index (χ4v) is 1.41. The third kappa shape index (κ3) is 2.61. The number of rotatable bonds is 4. The van der Waals surface area contributed by atoms with E-state index in [1.165, 1.54) is 7.11 Å². The fraction of sp³-hybridized carbons (Fsp3) is 0.778. The molecule has 0 bridgehead atoms. The average molecular weight is 200 g/mol. The van der Waals surface area contributed by atoms with Crippen LogP contribution in [0.4, 0.5) is 4.79 Å². The second-order valence-electron chi connectivity index (χ2n) is 3.33. The zero-order valence-electron chi connectivity index (χ0n) is 8.58. The van der Waals surface area contributed by atoms with Crippen molar-refractivity contribution in [2.24, 2.45) is 0 Å². The molecule has 1 aliphatic heterocycles. The van der Waals surface area contributed by atoms with E-state index < -0.39 is 0 Å². The minimum Gasteiger partial charge on any atom is -0.469 e. The maximum Gasteiger partial charge on any atom is 0.317 e. The van der Waals surface area contributed by atoms with Gasteiger partial charge in [0, 0.05) is 19.1 Å². The molecule has 5 nitrogen and oxygen atoms in total. The normalized spacial score (nSPS) is 20.9. The Hall–Kier alpha value is -1.26. The smallest absolute Gasteiger partial charge is 0.317 e. The van der Waals surface area contributed by atoms with E-state index in [9.17, 15) is 9.59 Å². The Balaban J connectivity index is 2.32. The summed E-state index contributed by atoms with van der Waals surface area (Å²) < 4.78 is 4.50. The summed E-state index contributed by atoms with van der Waals surface area (Å²) in [6.45, 7) is 3.15. The number of ether oxygens (including phenoxy) is 1. The topological polar surface area (TPSA) is 58.6 Å². The van der Waals surface area contributed by atoms with Crippen LogP contribution in [0.1, 0.15) is 19.8 Å². The van der Waals surface area contributed by atoms with Crippen LogP contribution in [-0.4, -0.2) is 43.1 Å². The predicted molar refractivity (Wildman–Crippen MR) is 50.8 cm³/mol. The number of carbonyl (C=O) groups excluding carboxylic acids is 2. The molecule has 1 N–H and O–H groups in total. The summed E-state index contributed by atoms with van der Waals surface area (Å²) in [4.78, 5) is 23.8. The Bertz CT molecular complexity index is 230. The molecule has 0 aromatic carbocycles. The molecule has 0 saturated carbocycles. The van der Waals surface area contributed by atoms with Crippen molar-refractivity contribution >= 4 is 12.0 Å². The molecule has 2 amide bonds. The van der Waals surface area contributed by atoms with Crippen LogP contribution in [0.25, 0.3) is 0 Å². The molecule has 5 heteroatoms. The van der Waals surface area contributed by atoms with Crippen LogP contribution in [0.3, 0.4) is 0 Å². The van der Waals surface area contributed by atoms with Crippen molar-refractivity contribution in [1.29, 1.82) is 0 Å². The van der Waals surface area contributed by atoms with Gasteiger partial charge >= 0.3 is 12.0 Å². The van der Waals surface area contributed by atoms with Crippen LogP contribution in [0.5, 0.6) is 0 Å². The van der Waals surface area contributed by atoms with Gasteiger partial charge in [0.2, 0.25) is 0 Å². The van der Waals surface area contributed by atoms with Crippen LogP contribution in [-0.2, 0) is 9.53 Å². The lowest BCUT2D eigenvalue weighted by molar-refractivity contribution is -0.140. The first-order chi connectivity index (χ1) is 6.67. The Kier molecular flexibility index (Phi) is 3.73. The predicted octanol–water partition coefficient (Wildman–Crippen LogP) is 0.353. The molecule has 1 fully saturated rings. The highest BCUT2D eigenvalue weighted by molar-refractivity contribution is 5.77. The molecule has 0 aromatic heterocycles. The maximum atomic E-state index is 11.3. The second kappa shape index (κ2) is 4.83. The number of carbonyl (C=O) groups is 2. The third-order valence-electron chi connectivity index (χ3n) is 2.36. The van der Waals surface area contributed by atoms with Crippen molar-refractivity contribution in [2.75, 3.05) is 20.2 Å². The van der Waals surface area contributed by atoms with Crippen molar-refractivity contribution < 1.29 is 14.3 Å². The number of nitrogens with one attached hydrogen (secondary N) is 1. The summed E-state index contributed by atoms with van der Waals surface area (Å²) in [6.07, 6.45) is 1.18. The molecule has 14 heavy (non-hydrogen) atoms. The highest BCUT2D eigenvalue weighted by atomic mass is 16.5. The number of esters is 1. The van der Waals surface area contributed by atoms with Crippen molar-refractivity contribution in [1.82, 2.24) is 10.2 Å². The highest BCUT2D eigenvalue weighted by Crippen LogP contribution is 2.07. The molecule has 1 aliphatic rings. The standard InChI is InChI=1S/C9H16N2O3/c1-3-7-6-11(9(13)10-7)5-4-8(12)14-2/h7H,3-6H2,1-2H3,(H,10,13). The maximum absolute atomic E-state index is 11.3. The van der Waals surface area contributed by atoms with Crippen molar-refractivity contribution in [3.63, 3.8) is 0 Å². The molecule has 1 unspecified atom stereocenters. The lowest BCUT2D eigenvalue weighted by Gasteiger charge is -2.12. The molecule has 0 aliphatic carbocycles. The van der Waals surface area contributed by atoms with E-state index >= 15 is 0 Å². The molecule has 1 atom stereocenters. The van der Waals surface area contributed by atoms with E-state index in [1.54, 1.807) is 4.90 Å². The molecule has 1 rings (SSSR count). The van der Waals surface area contributed by atoms with Crippen molar-refractivity contribution in [2.45, 2.75) is 25.8 Å². The number of urea groups is 1. The summed E-state index contributed by atoms with van der Waals surface area (Å²) in [7, 11) is 1.35. The van der Waals surface area contributed by atoms with Crippen LogP contribution < -0.4 is 5.32 Å². The molecular weight excluding hydrogens is 184 g/mol. The first-order valence-corrected chi connectivity index (χ1v) is 4.79. The largest absolute Gasteiger partial charge is 0.469 e. The van der Waals surface area contributed by atoms with Crippen molar-refractivity contribution in [3.05, 3.63) is 0 Å². The number of hydrogen-bond acceptors (Lipinski definition) is 3. The lowest BCUT2D eigenvalue weighted by atomic mass is 10.2. The second-order valence-corrected chi connectivity index (χ2v) is 3.33. The minimum absolute atomic E-state index is 0.0826. The Labute approximate surface area is 83.4 Å². The summed E-state index contributed by atoms with van der Waals surface area (Å²) in [5, 5.41) is 2.83. The molecule has 80 valence electrons. The van der Waals surface area contributed by atoms with Crippen LogP contribution >= 0.6 is 0 Å². The van der Waals surface area contributed by atoms with Gasteiger partial charge in [-0.1, -0.05) is 6.92 Å². The first kappa shape index (κ1) is 10.8. The zero-order chi connectivity index (χ0) is 10.6. The summed E-state index contributed by atoms with van der Waals surface area (Å²) in [5.41, 5.74) is 0. The summed E-state index contributed by atoms with van der Waals surface area (Å²) >= 11 is 0. The van der Waals surface area contributed by atoms with Gasteiger partial charge in [-0.3, -0.25) is 4.79 Å². The Morgan fingerprint density at radius 2 is 2.43 bits per heavy atom. The van der Waals surface area contributed by atoms with Gasteiger partial charge in [0.15, 0.2) is 0 Å². The van der Waals surface area contributed by atoms with E-state index in [0.29, 0.717) is 13.1 Å². The van der Waals surface area contributed by atoms with Gasteiger partial charge in [-0.05, 0) is 6.42 Å². The quantitative estimate of drug-likeness (QED) is 0.666. The number of methoxy groups -OCH3 is 1. The Morgan fingerprint density at radius 3 is 2.93 bits per heavy atom. The SMILES string of the molecule is CCC1CN(CCC(=O)OC)C(=O)N1. The van der Waals surface area contributed by atoms with Gasteiger partial charge in [-0.2, -0.15) is 0 Å². The van der Waals surface area contributed by atoms with Gasteiger partial charge in [0.05, 0.1) is 13.5 Å². The van der Waals surface area contributed by atoms with E-state index in [0.717, 1.165) is 6.42 Å². The Morgan fingerprint density at radius 1 is 1.71 bits per heavy atom. The molecule has 1 heterocycles. The summed E-state index contributed by atoms with van der Waals surface area (Å²) in [5.74, 6) is -0.280. The van der Waals surface area contributed by atoms with Gasteiger partial charge in [-0.25, -0.2) is 4.79 Å². The molecule has 0 radical (unpaired) electrons. The molecule has 0 aromatic rings. The molecular formula is C9H16N2O3. The number of nitrogens with zero attached hydrogens (tertiary/aromatic N) is 1. The lowest BCUT2D eigenvalue weighted by Crippen LogP contribution is -2.30. The van der Waals surface area contributed by atoms with E-state index in [1.807, 2.05) is 6.92 Å². The third-order valence-corrected chi connectivity index (χ3v) is 2.36. The van der Waals surface area contributed by atoms with Crippen LogP contribution in [0, 0.1) is 0 Å². The van der Waals surface area contributed by atoms with Gasteiger partial charge < -0.3 is 15.0 Å². The van der Waals surface area contributed by atoms with E-state index in [-0.39, 0.29) is 24.5 Å². The van der Waals surface area contributed by atoms with Crippen LogP contribution in [0.15, 0.2) is 0 Å². The zero-order valence-corrected chi connectivity index (χ0v) is 8.58. The molecule has 1 saturated heterocycles. The summed E-state index contributed by atoms with van der Waals surface area (Å²) in [6, 6.07) is 0.140. The van der Waals surface area contributed by atoms with Crippen LogP contribution in [0.2, 0.25) is 0 Å². The number of amides is 2. The van der Waals surface area contributed by atoms with E-state index in [2.05, 4.69) is 10.1 Å². The van der Waals surface area contributed by atoms with Gasteiger partial charge in [-0.15, -0.1) is 0 Å². The number of hydrogen-bond donors (Lipinski definition) is 1. The van der Waals surface area contributed by atoms with Crippen molar-refractivity contribution in [3.8, 4) is 0 Å². The van der Waals surface area contributed by atoms with E-state index in [4.69, 9.17) is 0 Å².